The van der Waals surface area contributed by atoms with E-state index in [1.807, 2.05) is 42.5 Å². The maximum absolute atomic E-state index is 4.22. The van der Waals surface area contributed by atoms with Crippen molar-refractivity contribution in [3.63, 3.8) is 0 Å². The molecule has 40 heavy (non-hydrogen) atoms. The molecule has 5 aromatic carbocycles. The predicted octanol–water partition coefficient (Wildman–Crippen LogP) is 8.68. The second-order valence-corrected chi connectivity index (χ2v) is 9.46. The molecule has 0 aliphatic carbocycles. The first kappa shape index (κ1) is 25.8. The topological polar surface area (TPSA) is 22.6 Å². The van der Waals surface area contributed by atoms with Gasteiger partial charge in [-0.2, -0.15) is 12.1 Å². The van der Waals surface area contributed by atoms with E-state index in [4.69, 9.17) is 0 Å². The van der Waals surface area contributed by atoms with E-state index in [9.17, 15) is 0 Å². The minimum absolute atomic E-state index is 0. The van der Waals surface area contributed by atoms with Crippen LogP contribution in [0.15, 0.2) is 128 Å². The van der Waals surface area contributed by atoms with E-state index in [1.54, 1.807) is 6.20 Å². The number of hydrogen-bond donors (Lipinski definition) is 0. The second-order valence-electron chi connectivity index (χ2n) is 9.46. The van der Waals surface area contributed by atoms with Crippen LogP contribution in [0.4, 0.5) is 34.1 Å². The molecule has 2 aliphatic rings. The Morgan fingerprint density at radius 2 is 1.45 bits per heavy atom. The number of pyridine rings is 1. The fraction of sp³-hybridized carbons (Fsp3) is 0.0286. The standard InChI is InChI=1S/C24H17N3.C11H8N.Ir/c1-25-20-12-7-13-21-24(20)27(16-26(21)18-9-3-2-4-10-18)22-15-14-17-8-5-6-11-19(17)23(22)25;1-2-6-10(7-3-1)11-8-4-5-9-12-11;/h2-14,16H,1H3;1-6,8-9H;/q-2;-1;+3. The first-order valence-corrected chi connectivity index (χ1v) is 13.0. The number of aromatic nitrogens is 1. The molecule has 8 rings (SSSR count). The van der Waals surface area contributed by atoms with Crippen molar-refractivity contribution in [2.24, 2.45) is 0 Å². The quantitative estimate of drug-likeness (QED) is 0.169. The summed E-state index contributed by atoms with van der Waals surface area (Å²) < 4.78 is 0. The van der Waals surface area contributed by atoms with E-state index in [0.29, 0.717) is 0 Å². The van der Waals surface area contributed by atoms with Crippen LogP contribution in [0.5, 0.6) is 0 Å². The third-order valence-corrected chi connectivity index (χ3v) is 7.15. The molecule has 5 heteroatoms. The maximum Gasteiger partial charge on any atom is 3.00 e. The van der Waals surface area contributed by atoms with E-state index in [-0.39, 0.29) is 20.1 Å². The number of benzene rings is 5. The molecule has 0 fully saturated rings. The van der Waals surface area contributed by atoms with Gasteiger partial charge in [-0.15, -0.1) is 59.4 Å². The Morgan fingerprint density at radius 3 is 2.25 bits per heavy atom. The van der Waals surface area contributed by atoms with Crippen LogP contribution in [0, 0.1) is 18.8 Å². The fourth-order valence-electron chi connectivity index (χ4n) is 5.33. The number of nitrogens with zero attached hydrogens (tertiary/aromatic N) is 4. The van der Waals surface area contributed by atoms with Crippen LogP contribution in [0.1, 0.15) is 0 Å². The van der Waals surface area contributed by atoms with E-state index in [1.165, 1.54) is 33.5 Å². The Labute approximate surface area is 248 Å². The molecule has 0 atom stereocenters. The molecular formula is C35H25IrN4. The average Bonchev–Trinajstić information content (AvgIpc) is 3.42. The van der Waals surface area contributed by atoms with Gasteiger partial charge in [0.1, 0.15) is 0 Å². The summed E-state index contributed by atoms with van der Waals surface area (Å²) in [7, 11) is 2.15. The zero-order valence-corrected chi connectivity index (χ0v) is 24.2. The van der Waals surface area contributed by atoms with Crippen LogP contribution >= 0.6 is 0 Å². The van der Waals surface area contributed by atoms with E-state index in [2.05, 4.69) is 124 Å². The molecule has 3 heterocycles. The van der Waals surface area contributed by atoms with Crippen LogP contribution in [0.2, 0.25) is 0 Å². The first-order chi connectivity index (χ1) is 19.3. The summed E-state index contributed by atoms with van der Waals surface area (Å²) in [5, 5.41) is 2.46. The van der Waals surface area contributed by atoms with E-state index >= 15 is 0 Å². The van der Waals surface area contributed by atoms with Crippen molar-refractivity contribution < 1.29 is 20.1 Å². The Bertz CT molecular complexity index is 1720. The summed E-state index contributed by atoms with van der Waals surface area (Å²) in [6.45, 7) is 2.18. The molecule has 1 aromatic heterocycles. The third kappa shape index (κ3) is 4.44. The summed E-state index contributed by atoms with van der Waals surface area (Å²) in [6, 6.07) is 48.0. The zero-order valence-electron chi connectivity index (χ0n) is 21.8. The molecule has 0 unspecified atom stereocenters. The van der Waals surface area contributed by atoms with Crippen molar-refractivity contribution in [1.82, 2.24) is 4.98 Å². The molecule has 4 nitrogen and oxygen atoms in total. The second kappa shape index (κ2) is 11.0. The van der Waals surface area contributed by atoms with Crippen molar-refractivity contribution in [2.45, 2.75) is 0 Å². The summed E-state index contributed by atoms with van der Waals surface area (Å²) in [5.41, 5.74) is 9.07. The van der Waals surface area contributed by atoms with Crippen molar-refractivity contribution in [3.05, 3.63) is 146 Å². The van der Waals surface area contributed by atoms with Gasteiger partial charge in [-0.1, -0.05) is 60.3 Å². The minimum atomic E-state index is 0. The minimum Gasteiger partial charge on any atom is -0.490 e. The average molecular weight is 694 g/mol. The molecule has 0 saturated carbocycles. The molecule has 0 bridgehead atoms. The van der Waals surface area contributed by atoms with Gasteiger partial charge in [0.25, 0.3) is 0 Å². The Hall–Kier alpha value is -4.44. The largest absolute Gasteiger partial charge is 3.00 e. The molecule has 0 radical (unpaired) electrons. The molecule has 0 saturated heterocycles. The Morgan fingerprint density at radius 1 is 0.675 bits per heavy atom. The van der Waals surface area contributed by atoms with Crippen LogP contribution < -0.4 is 14.7 Å². The van der Waals surface area contributed by atoms with Gasteiger partial charge in [0.05, 0.1) is 11.4 Å². The molecular weight excluding hydrogens is 669 g/mol. The van der Waals surface area contributed by atoms with Crippen LogP contribution in [0.25, 0.3) is 22.0 Å². The van der Waals surface area contributed by atoms with Gasteiger partial charge in [-0.3, -0.25) is 0 Å². The molecule has 6 aromatic rings. The molecule has 2 aliphatic heterocycles. The number of fused-ring (bicyclic) bond motifs is 4. The molecule has 0 amide bonds. The summed E-state index contributed by atoms with van der Waals surface area (Å²) in [6.07, 6.45) is 1.79. The van der Waals surface area contributed by atoms with Gasteiger partial charge in [-0.05, 0) is 48.8 Å². The molecule has 194 valence electrons. The number of rotatable bonds is 2. The van der Waals surface area contributed by atoms with Crippen molar-refractivity contribution in [3.8, 4) is 11.3 Å². The van der Waals surface area contributed by atoms with Gasteiger partial charge in [0, 0.05) is 17.6 Å². The van der Waals surface area contributed by atoms with Crippen molar-refractivity contribution in [1.29, 1.82) is 0 Å². The smallest absolute Gasteiger partial charge is 0.490 e. The monoisotopic (exact) mass is 694 g/mol. The predicted molar refractivity (Wildman–Crippen MR) is 161 cm³/mol. The van der Waals surface area contributed by atoms with Crippen molar-refractivity contribution >= 4 is 44.9 Å². The molecule has 0 spiro atoms. The van der Waals surface area contributed by atoms with Crippen molar-refractivity contribution in [2.75, 3.05) is 21.7 Å². The van der Waals surface area contributed by atoms with Gasteiger partial charge < -0.3 is 19.7 Å². The van der Waals surface area contributed by atoms with Gasteiger partial charge in [0.2, 0.25) is 0 Å². The fourth-order valence-corrected chi connectivity index (χ4v) is 5.33. The summed E-state index contributed by atoms with van der Waals surface area (Å²) in [4.78, 5) is 11.0. The number of para-hydroxylation sites is 2. The Kier molecular flexibility index (Phi) is 7.08. The van der Waals surface area contributed by atoms with Gasteiger partial charge in [0.15, 0.2) is 0 Å². The first-order valence-electron chi connectivity index (χ1n) is 13.0. The summed E-state index contributed by atoms with van der Waals surface area (Å²) >= 11 is 0. The maximum atomic E-state index is 4.22. The third-order valence-electron chi connectivity index (χ3n) is 7.15. The Balaban J connectivity index is 0.000000188. The van der Waals surface area contributed by atoms with Crippen LogP contribution in [-0.4, -0.2) is 12.0 Å². The van der Waals surface area contributed by atoms with E-state index in [0.717, 1.165) is 22.6 Å². The zero-order chi connectivity index (χ0) is 26.2. The SMILES string of the molecule is CN1c2cccc3c2N([CH-]N3c2ccccc2)c2[c-]cc3ccccc3c21.[Ir+3].[c-]1ccccc1-c1ccccn1. The number of hydrogen-bond acceptors (Lipinski definition) is 4. The summed E-state index contributed by atoms with van der Waals surface area (Å²) in [5.74, 6) is 0. The van der Waals surface area contributed by atoms with E-state index < -0.39 is 0 Å². The van der Waals surface area contributed by atoms with Gasteiger partial charge in [-0.25, -0.2) is 0 Å². The van der Waals surface area contributed by atoms with Crippen LogP contribution in [-0.2, 0) is 20.1 Å². The number of anilines is 6. The van der Waals surface area contributed by atoms with Gasteiger partial charge >= 0.3 is 20.1 Å². The van der Waals surface area contributed by atoms with Crippen LogP contribution in [0.3, 0.4) is 0 Å². The normalized spacial score (nSPS) is 12.7. The molecule has 0 N–H and O–H groups in total.